The molecule has 0 radical (unpaired) electrons. The molecule has 1 aromatic carbocycles. The van der Waals surface area contributed by atoms with Gasteiger partial charge in [0.15, 0.2) is 0 Å². The van der Waals surface area contributed by atoms with Crippen LogP contribution in [0.15, 0.2) is 48.2 Å². The minimum Gasteiger partial charge on any atom is -0.337 e. The van der Waals surface area contributed by atoms with Gasteiger partial charge in [0.1, 0.15) is 0 Å². The van der Waals surface area contributed by atoms with Crippen LogP contribution in [0, 0.1) is 0 Å². The Labute approximate surface area is 120 Å². The summed E-state index contributed by atoms with van der Waals surface area (Å²) in [7, 11) is 1.79. The second-order valence-corrected chi connectivity index (χ2v) is 5.44. The van der Waals surface area contributed by atoms with E-state index in [2.05, 4.69) is 9.97 Å². The third-order valence-corrected chi connectivity index (χ3v) is 3.88. The van der Waals surface area contributed by atoms with Gasteiger partial charge in [-0.1, -0.05) is 6.07 Å². The van der Waals surface area contributed by atoms with E-state index in [-0.39, 0.29) is 5.91 Å². The Morgan fingerprint density at radius 3 is 3.05 bits per heavy atom. The molecule has 0 aliphatic heterocycles. The molecule has 0 unspecified atom stereocenters. The van der Waals surface area contributed by atoms with Crippen molar-refractivity contribution in [1.82, 2.24) is 14.9 Å². The van der Waals surface area contributed by atoms with E-state index in [1.165, 1.54) is 0 Å². The van der Waals surface area contributed by atoms with Crippen LogP contribution >= 0.6 is 11.3 Å². The number of carbonyl (C=O) groups excluding carboxylic acids is 1. The van der Waals surface area contributed by atoms with Gasteiger partial charge in [0.25, 0.3) is 5.91 Å². The quantitative estimate of drug-likeness (QED) is 0.742. The highest BCUT2D eigenvalue weighted by molar-refractivity contribution is 7.16. The van der Waals surface area contributed by atoms with Crippen LogP contribution in [-0.2, 0) is 6.54 Å². The molecule has 0 N–H and O–H groups in total. The molecule has 20 heavy (non-hydrogen) atoms. The standard InChI is InChI=1S/C15H13N3OS/c1-18(9-11-3-2-6-16-8-11)15(19)12-4-5-14-13(7-12)17-10-20-14/h2-8,10H,9H2,1H3. The van der Waals surface area contributed by atoms with Gasteiger partial charge < -0.3 is 4.90 Å². The number of amides is 1. The molecule has 0 aliphatic rings. The zero-order valence-electron chi connectivity index (χ0n) is 11.0. The molecule has 0 saturated heterocycles. The Bertz CT molecular complexity index is 739. The first-order valence-electron chi connectivity index (χ1n) is 6.21. The van der Waals surface area contributed by atoms with Crippen LogP contribution in [0.5, 0.6) is 0 Å². The van der Waals surface area contributed by atoms with Crippen LogP contribution in [0.1, 0.15) is 15.9 Å². The van der Waals surface area contributed by atoms with Gasteiger partial charge in [0.2, 0.25) is 0 Å². The fraction of sp³-hybridized carbons (Fsp3) is 0.133. The molecule has 4 nitrogen and oxygen atoms in total. The molecule has 0 saturated carbocycles. The number of carbonyl (C=O) groups is 1. The van der Waals surface area contributed by atoms with Crippen molar-refractivity contribution in [3.63, 3.8) is 0 Å². The topological polar surface area (TPSA) is 46.1 Å². The first kappa shape index (κ1) is 12.7. The average Bonchev–Trinajstić information content (AvgIpc) is 2.94. The highest BCUT2D eigenvalue weighted by Gasteiger charge is 2.13. The molecule has 3 rings (SSSR count). The molecule has 3 aromatic rings. The third-order valence-electron chi connectivity index (χ3n) is 3.07. The van der Waals surface area contributed by atoms with Crippen molar-refractivity contribution >= 4 is 27.5 Å². The summed E-state index contributed by atoms with van der Waals surface area (Å²) in [5, 5.41) is 0. The molecule has 5 heteroatoms. The molecule has 0 bridgehead atoms. The second kappa shape index (κ2) is 5.38. The SMILES string of the molecule is CN(Cc1cccnc1)C(=O)c1ccc2scnc2c1. The molecule has 0 spiro atoms. The number of hydrogen-bond donors (Lipinski definition) is 0. The monoisotopic (exact) mass is 283 g/mol. The summed E-state index contributed by atoms with van der Waals surface area (Å²) in [6.07, 6.45) is 3.49. The Morgan fingerprint density at radius 2 is 2.25 bits per heavy atom. The Hall–Kier alpha value is -2.27. The molecule has 0 fully saturated rings. The van der Waals surface area contributed by atoms with Crippen LogP contribution in [0.4, 0.5) is 0 Å². The minimum atomic E-state index is -0.0104. The number of aromatic nitrogens is 2. The number of nitrogens with zero attached hydrogens (tertiary/aromatic N) is 3. The fourth-order valence-corrected chi connectivity index (χ4v) is 2.71. The minimum absolute atomic E-state index is 0.0104. The largest absolute Gasteiger partial charge is 0.337 e. The number of thiazole rings is 1. The molecule has 2 heterocycles. The van der Waals surface area contributed by atoms with Crippen molar-refractivity contribution < 1.29 is 4.79 Å². The van der Waals surface area contributed by atoms with Crippen molar-refractivity contribution in [2.45, 2.75) is 6.54 Å². The summed E-state index contributed by atoms with van der Waals surface area (Å²) in [4.78, 5) is 22.4. The van der Waals surface area contributed by atoms with E-state index in [4.69, 9.17) is 0 Å². The maximum atomic E-state index is 12.4. The van der Waals surface area contributed by atoms with E-state index in [0.717, 1.165) is 15.8 Å². The molecule has 1 amide bonds. The molecule has 2 aromatic heterocycles. The number of rotatable bonds is 3. The smallest absolute Gasteiger partial charge is 0.253 e. The number of fused-ring (bicyclic) bond motifs is 1. The van der Waals surface area contributed by atoms with Crippen molar-refractivity contribution in [2.75, 3.05) is 7.05 Å². The summed E-state index contributed by atoms with van der Waals surface area (Å²) in [6.45, 7) is 0.543. The lowest BCUT2D eigenvalue weighted by Gasteiger charge is -2.17. The highest BCUT2D eigenvalue weighted by Crippen LogP contribution is 2.19. The summed E-state index contributed by atoms with van der Waals surface area (Å²) >= 11 is 1.57. The summed E-state index contributed by atoms with van der Waals surface area (Å²) in [5.41, 5.74) is 4.33. The van der Waals surface area contributed by atoms with E-state index >= 15 is 0 Å². The van der Waals surface area contributed by atoms with E-state index in [1.807, 2.05) is 30.3 Å². The van der Waals surface area contributed by atoms with Gasteiger partial charge in [-0.3, -0.25) is 9.78 Å². The van der Waals surface area contributed by atoms with Crippen molar-refractivity contribution in [3.05, 3.63) is 59.4 Å². The van der Waals surface area contributed by atoms with Crippen LogP contribution in [0.25, 0.3) is 10.2 Å². The average molecular weight is 283 g/mol. The van der Waals surface area contributed by atoms with Gasteiger partial charge in [0.05, 0.1) is 15.7 Å². The lowest BCUT2D eigenvalue weighted by molar-refractivity contribution is 0.0785. The van der Waals surface area contributed by atoms with Crippen LogP contribution in [0.3, 0.4) is 0 Å². The van der Waals surface area contributed by atoms with Crippen molar-refractivity contribution in [3.8, 4) is 0 Å². The van der Waals surface area contributed by atoms with Gasteiger partial charge in [-0.25, -0.2) is 4.98 Å². The Morgan fingerprint density at radius 1 is 1.35 bits per heavy atom. The summed E-state index contributed by atoms with van der Waals surface area (Å²) < 4.78 is 1.09. The predicted molar refractivity (Wildman–Crippen MR) is 79.7 cm³/mol. The molecule has 0 atom stereocenters. The number of hydrogen-bond acceptors (Lipinski definition) is 4. The van der Waals surface area contributed by atoms with E-state index in [0.29, 0.717) is 12.1 Å². The second-order valence-electron chi connectivity index (χ2n) is 4.56. The fourth-order valence-electron chi connectivity index (χ4n) is 2.05. The van der Waals surface area contributed by atoms with E-state index in [1.54, 1.807) is 41.2 Å². The maximum absolute atomic E-state index is 12.4. The maximum Gasteiger partial charge on any atom is 0.253 e. The zero-order chi connectivity index (χ0) is 13.9. The number of benzene rings is 1. The molecular weight excluding hydrogens is 270 g/mol. The van der Waals surface area contributed by atoms with Crippen molar-refractivity contribution in [1.29, 1.82) is 0 Å². The molecule has 0 aliphatic carbocycles. The van der Waals surface area contributed by atoms with Crippen LogP contribution < -0.4 is 0 Å². The predicted octanol–water partition coefficient (Wildman–Crippen LogP) is 2.96. The first-order chi connectivity index (χ1) is 9.74. The first-order valence-corrected chi connectivity index (χ1v) is 7.09. The summed E-state index contributed by atoms with van der Waals surface area (Å²) in [5.74, 6) is -0.0104. The van der Waals surface area contributed by atoms with Crippen molar-refractivity contribution in [2.24, 2.45) is 0 Å². The van der Waals surface area contributed by atoms with Gasteiger partial charge in [0, 0.05) is 31.5 Å². The van der Waals surface area contributed by atoms with Gasteiger partial charge >= 0.3 is 0 Å². The van der Waals surface area contributed by atoms with E-state index < -0.39 is 0 Å². The Kier molecular flexibility index (Phi) is 3.43. The van der Waals surface area contributed by atoms with Gasteiger partial charge in [-0.2, -0.15) is 0 Å². The van der Waals surface area contributed by atoms with E-state index in [9.17, 15) is 4.79 Å². The lowest BCUT2D eigenvalue weighted by Crippen LogP contribution is -2.26. The summed E-state index contributed by atoms with van der Waals surface area (Å²) in [6, 6.07) is 9.46. The lowest BCUT2D eigenvalue weighted by atomic mass is 10.2. The molecule has 100 valence electrons. The number of pyridine rings is 1. The van der Waals surface area contributed by atoms with Gasteiger partial charge in [-0.15, -0.1) is 11.3 Å². The normalized spacial score (nSPS) is 10.7. The Balaban J connectivity index is 1.80. The third kappa shape index (κ3) is 2.53. The molecular formula is C15H13N3OS. The highest BCUT2D eigenvalue weighted by atomic mass is 32.1. The van der Waals surface area contributed by atoms with Crippen LogP contribution in [-0.4, -0.2) is 27.8 Å². The zero-order valence-corrected chi connectivity index (χ0v) is 11.8. The van der Waals surface area contributed by atoms with Crippen LogP contribution in [0.2, 0.25) is 0 Å². The van der Waals surface area contributed by atoms with Gasteiger partial charge in [-0.05, 0) is 29.8 Å².